The highest BCUT2D eigenvalue weighted by Crippen LogP contribution is 2.29. The minimum atomic E-state index is -0.206. The maximum absolute atomic E-state index is 12.6. The van der Waals surface area contributed by atoms with Gasteiger partial charge >= 0.3 is 0 Å². The fraction of sp³-hybridized carbons (Fsp3) is 0.333. The molecule has 2 amide bonds. The predicted octanol–water partition coefficient (Wildman–Crippen LogP) is 3.96. The Kier molecular flexibility index (Phi) is 5.05. The first kappa shape index (κ1) is 18.5. The zero-order valence-electron chi connectivity index (χ0n) is 15.3. The largest absolute Gasteiger partial charge is 0.351 e. The van der Waals surface area contributed by atoms with Gasteiger partial charge in [0.1, 0.15) is 0 Å². The molecular formula is C21H23ClN2O2. The summed E-state index contributed by atoms with van der Waals surface area (Å²) < 4.78 is 0. The number of nitrogens with one attached hydrogen (secondary N) is 1. The molecule has 0 aromatic heterocycles. The van der Waals surface area contributed by atoms with Crippen LogP contribution in [0.2, 0.25) is 5.02 Å². The quantitative estimate of drug-likeness (QED) is 0.885. The van der Waals surface area contributed by atoms with E-state index in [1.54, 1.807) is 17.9 Å². The van der Waals surface area contributed by atoms with Crippen LogP contribution in [-0.2, 0) is 16.6 Å². The van der Waals surface area contributed by atoms with E-state index >= 15 is 0 Å². The average Bonchev–Trinajstić information content (AvgIpc) is 3.03. The molecule has 2 aromatic rings. The van der Waals surface area contributed by atoms with Crippen LogP contribution < -0.4 is 10.2 Å². The summed E-state index contributed by atoms with van der Waals surface area (Å²) in [5.74, 6) is -0.0678. The third-order valence-corrected chi connectivity index (χ3v) is 5.19. The van der Waals surface area contributed by atoms with Gasteiger partial charge in [0.15, 0.2) is 0 Å². The van der Waals surface area contributed by atoms with Crippen molar-refractivity contribution in [3.63, 3.8) is 0 Å². The van der Waals surface area contributed by atoms with Crippen LogP contribution in [0.15, 0.2) is 42.5 Å². The highest BCUT2D eigenvalue weighted by atomic mass is 35.5. The molecule has 0 spiro atoms. The number of rotatable bonds is 4. The molecule has 0 aliphatic carbocycles. The van der Waals surface area contributed by atoms with Gasteiger partial charge in [0.25, 0.3) is 5.91 Å². The standard InChI is InChI=1S/C21H23ClN2O2/c1-14(25)24-11-10-15-12-16(4-9-19(15)24)20(26)23-13-21(2,3)17-5-7-18(22)8-6-17/h4-9,12H,10-11,13H2,1-3H3,(H,23,26). The molecule has 5 heteroatoms. The number of anilines is 1. The van der Waals surface area contributed by atoms with Gasteiger partial charge in [-0.3, -0.25) is 9.59 Å². The topological polar surface area (TPSA) is 49.4 Å². The van der Waals surface area contributed by atoms with Gasteiger partial charge in [-0.15, -0.1) is 0 Å². The maximum Gasteiger partial charge on any atom is 0.251 e. The van der Waals surface area contributed by atoms with Gasteiger partial charge in [-0.05, 0) is 47.9 Å². The summed E-state index contributed by atoms with van der Waals surface area (Å²) in [5.41, 5.74) is 3.50. The lowest BCUT2D eigenvalue weighted by Crippen LogP contribution is -2.36. The lowest BCUT2D eigenvalue weighted by Gasteiger charge is -2.26. The number of halogens is 1. The van der Waals surface area contributed by atoms with E-state index in [1.165, 1.54) is 0 Å². The SMILES string of the molecule is CC(=O)N1CCc2cc(C(=O)NCC(C)(C)c3ccc(Cl)cc3)ccc21. The van der Waals surface area contributed by atoms with Crippen LogP contribution in [0.4, 0.5) is 5.69 Å². The van der Waals surface area contributed by atoms with E-state index in [1.807, 2.05) is 36.4 Å². The predicted molar refractivity (Wildman–Crippen MR) is 105 cm³/mol. The Balaban J connectivity index is 1.69. The fourth-order valence-corrected chi connectivity index (χ4v) is 3.40. The summed E-state index contributed by atoms with van der Waals surface area (Å²) in [6.45, 7) is 6.94. The first-order valence-corrected chi connectivity index (χ1v) is 9.11. The highest BCUT2D eigenvalue weighted by Gasteiger charge is 2.24. The first-order chi connectivity index (χ1) is 12.3. The molecular weight excluding hydrogens is 348 g/mol. The van der Waals surface area contributed by atoms with Crippen molar-refractivity contribution in [1.82, 2.24) is 5.32 Å². The molecule has 0 fully saturated rings. The Labute approximate surface area is 159 Å². The van der Waals surface area contributed by atoms with Crippen molar-refractivity contribution in [3.8, 4) is 0 Å². The van der Waals surface area contributed by atoms with Crippen LogP contribution in [0.25, 0.3) is 0 Å². The van der Waals surface area contributed by atoms with Gasteiger partial charge in [0.05, 0.1) is 0 Å². The molecule has 2 aromatic carbocycles. The Hall–Kier alpha value is -2.33. The van der Waals surface area contributed by atoms with E-state index in [0.717, 1.165) is 23.2 Å². The Bertz CT molecular complexity index is 844. The van der Waals surface area contributed by atoms with E-state index in [2.05, 4.69) is 19.2 Å². The lowest BCUT2D eigenvalue weighted by atomic mass is 9.84. The van der Waals surface area contributed by atoms with Gasteiger partial charge < -0.3 is 10.2 Å². The molecule has 26 heavy (non-hydrogen) atoms. The van der Waals surface area contributed by atoms with E-state index in [4.69, 9.17) is 11.6 Å². The van der Waals surface area contributed by atoms with Crippen LogP contribution >= 0.6 is 11.6 Å². The Morgan fingerprint density at radius 1 is 1.15 bits per heavy atom. The summed E-state index contributed by atoms with van der Waals surface area (Å²) >= 11 is 5.95. The van der Waals surface area contributed by atoms with Crippen LogP contribution in [0.3, 0.4) is 0 Å². The van der Waals surface area contributed by atoms with E-state index in [9.17, 15) is 9.59 Å². The molecule has 1 aliphatic rings. The normalized spacial score (nSPS) is 13.5. The van der Waals surface area contributed by atoms with Crippen LogP contribution in [0.1, 0.15) is 42.3 Å². The van der Waals surface area contributed by atoms with Gasteiger partial charge in [-0.1, -0.05) is 37.6 Å². The van der Waals surface area contributed by atoms with Crippen molar-refractivity contribution in [2.75, 3.05) is 18.0 Å². The van der Waals surface area contributed by atoms with E-state index in [-0.39, 0.29) is 17.2 Å². The van der Waals surface area contributed by atoms with Crippen molar-refractivity contribution in [3.05, 3.63) is 64.2 Å². The zero-order chi connectivity index (χ0) is 18.9. The minimum Gasteiger partial charge on any atom is -0.351 e. The number of hydrogen-bond donors (Lipinski definition) is 1. The van der Waals surface area contributed by atoms with Crippen LogP contribution in [-0.4, -0.2) is 24.9 Å². The van der Waals surface area contributed by atoms with Crippen LogP contribution in [0.5, 0.6) is 0 Å². The number of benzene rings is 2. The Morgan fingerprint density at radius 2 is 1.85 bits per heavy atom. The van der Waals surface area contributed by atoms with Gasteiger partial charge in [-0.25, -0.2) is 0 Å². The van der Waals surface area contributed by atoms with Gasteiger partial charge in [0, 0.05) is 41.7 Å². The smallest absolute Gasteiger partial charge is 0.251 e. The summed E-state index contributed by atoms with van der Waals surface area (Å²) in [4.78, 5) is 26.0. The van der Waals surface area contributed by atoms with Crippen LogP contribution in [0, 0.1) is 0 Å². The van der Waals surface area contributed by atoms with Gasteiger partial charge in [0.2, 0.25) is 5.91 Å². The first-order valence-electron chi connectivity index (χ1n) is 8.73. The molecule has 0 radical (unpaired) electrons. The molecule has 136 valence electrons. The van der Waals surface area contributed by atoms with E-state index in [0.29, 0.717) is 23.7 Å². The number of amides is 2. The average molecular weight is 371 g/mol. The summed E-state index contributed by atoms with van der Waals surface area (Å²) in [6, 6.07) is 13.2. The second kappa shape index (κ2) is 7.12. The minimum absolute atomic E-state index is 0.0330. The molecule has 0 atom stereocenters. The molecule has 0 saturated carbocycles. The molecule has 0 unspecified atom stereocenters. The summed E-state index contributed by atoms with van der Waals surface area (Å²) in [7, 11) is 0. The van der Waals surface area contributed by atoms with Crippen molar-refractivity contribution in [2.45, 2.75) is 32.6 Å². The fourth-order valence-electron chi connectivity index (χ4n) is 3.28. The highest BCUT2D eigenvalue weighted by molar-refractivity contribution is 6.30. The van der Waals surface area contributed by atoms with Crippen molar-refractivity contribution in [2.24, 2.45) is 0 Å². The molecule has 1 N–H and O–H groups in total. The second-order valence-electron chi connectivity index (χ2n) is 7.34. The number of nitrogens with zero attached hydrogens (tertiary/aromatic N) is 1. The molecule has 1 heterocycles. The van der Waals surface area contributed by atoms with Crippen molar-refractivity contribution < 1.29 is 9.59 Å². The molecule has 1 aliphatic heterocycles. The summed E-state index contributed by atoms with van der Waals surface area (Å²) in [5, 5.41) is 3.73. The molecule has 4 nitrogen and oxygen atoms in total. The third-order valence-electron chi connectivity index (χ3n) is 4.93. The zero-order valence-corrected chi connectivity index (χ0v) is 16.1. The van der Waals surface area contributed by atoms with Crippen molar-refractivity contribution >= 4 is 29.1 Å². The monoisotopic (exact) mass is 370 g/mol. The Morgan fingerprint density at radius 3 is 2.50 bits per heavy atom. The number of carbonyl (C=O) groups excluding carboxylic acids is 2. The molecule has 3 rings (SSSR count). The number of hydrogen-bond acceptors (Lipinski definition) is 2. The maximum atomic E-state index is 12.6. The lowest BCUT2D eigenvalue weighted by molar-refractivity contribution is -0.116. The molecule has 0 bridgehead atoms. The number of fused-ring (bicyclic) bond motifs is 1. The number of carbonyl (C=O) groups is 2. The van der Waals surface area contributed by atoms with Gasteiger partial charge in [-0.2, -0.15) is 0 Å². The molecule has 0 saturated heterocycles. The summed E-state index contributed by atoms with van der Waals surface area (Å²) in [6.07, 6.45) is 0.784. The van der Waals surface area contributed by atoms with Crippen molar-refractivity contribution in [1.29, 1.82) is 0 Å². The van der Waals surface area contributed by atoms with E-state index < -0.39 is 0 Å². The third kappa shape index (κ3) is 3.75. The second-order valence-corrected chi connectivity index (χ2v) is 7.77.